The Balaban J connectivity index is 1.59. The summed E-state index contributed by atoms with van der Waals surface area (Å²) < 4.78 is 7.36. The fourth-order valence-electron chi connectivity index (χ4n) is 3.50. The van der Waals surface area contributed by atoms with Crippen LogP contribution < -0.4 is 15.8 Å². The van der Waals surface area contributed by atoms with Crippen LogP contribution in [0.5, 0.6) is 0 Å². The lowest BCUT2D eigenvalue weighted by atomic mass is 10.2. The molecule has 0 saturated carbocycles. The van der Waals surface area contributed by atoms with Crippen molar-refractivity contribution in [2.75, 3.05) is 51.8 Å². The van der Waals surface area contributed by atoms with Gasteiger partial charge in [-0.2, -0.15) is 0 Å². The normalized spacial score (nSPS) is 19.2. The van der Waals surface area contributed by atoms with Crippen molar-refractivity contribution in [3.05, 3.63) is 45.2 Å². The van der Waals surface area contributed by atoms with E-state index in [1.807, 2.05) is 6.07 Å². The van der Waals surface area contributed by atoms with Gasteiger partial charge < -0.3 is 15.0 Å². The number of aromatic nitrogens is 2. The molecule has 0 atom stereocenters. The first-order valence-electron chi connectivity index (χ1n) is 9.93. The zero-order valence-electron chi connectivity index (χ0n) is 16.7. The molecular formula is C20H24N5O3S2+. The average molecular weight is 447 g/mol. The summed E-state index contributed by atoms with van der Waals surface area (Å²) in [6, 6.07) is 5.42. The first-order chi connectivity index (χ1) is 14.5. The summed E-state index contributed by atoms with van der Waals surface area (Å²) in [4.78, 5) is 33.6. The van der Waals surface area contributed by atoms with E-state index in [4.69, 9.17) is 17.0 Å². The van der Waals surface area contributed by atoms with Crippen LogP contribution in [0, 0.1) is 0 Å². The summed E-state index contributed by atoms with van der Waals surface area (Å²) in [6.07, 6.45) is 4.23. The third-order valence-corrected chi connectivity index (χ3v) is 6.72. The van der Waals surface area contributed by atoms with Crippen molar-refractivity contribution in [3.8, 4) is 0 Å². The maximum atomic E-state index is 13.1. The largest absolute Gasteiger partial charge is 0.370 e. The lowest BCUT2D eigenvalue weighted by molar-refractivity contribution is -0.908. The van der Waals surface area contributed by atoms with E-state index in [0.29, 0.717) is 32.8 Å². The zero-order valence-corrected chi connectivity index (χ0v) is 18.4. The van der Waals surface area contributed by atoms with Crippen LogP contribution in [0.1, 0.15) is 12.0 Å². The van der Waals surface area contributed by atoms with Gasteiger partial charge >= 0.3 is 0 Å². The molecule has 0 bridgehead atoms. The Kier molecular flexibility index (Phi) is 6.47. The van der Waals surface area contributed by atoms with Crippen LogP contribution in [0.3, 0.4) is 0 Å². The highest BCUT2D eigenvalue weighted by Gasteiger charge is 2.29. The molecule has 0 radical (unpaired) electrons. The van der Waals surface area contributed by atoms with E-state index >= 15 is 0 Å². The molecule has 0 unspecified atom stereocenters. The Morgan fingerprint density at radius 1 is 1.33 bits per heavy atom. The van der Waals surface area contributed by atoms with E-state index in [-0.39, 0.29) is 11.5 Å². The van der Waals surface area contributed by atoms with Crippen molar-refractivity contribution >= 4 is 51.7 Å². The number of morpholine rings is 1. The summed E-state index contributed by atoms with van der Waals surface area (Å²) >= 11 is 6.40. The van der Waals surface area contributed by atoms with Gasteiger partial charge in [0.15, 0.2) is 0 Å². The molecule has 0 spiro atoms. The number of amides is 1. The van der Waals surface area contributed by atoms with Crippen molar-refractivity contribution in [3.63, 3.8) is 0 Å². The van der Waals surface area contributed by atoms with Gasteiger partial charge in [0, 0.05) is 26.2 Å². The Morgan fingerprint density at radius 2 is 2.13 bits per heavy atom. The number of ether oxygens (including phenoxy) is 1. The Morgan fingerprint density at radius 3 is 2.87 bits per heavy atom. The molecule has 2 fully saturated rings. The number of carbonyl (C=O) groups is 1. The number of thioether (sulfide) groups is 1. The second-order valence-electron chi connectivity index (χ2n) is 7.24. The molecule has 10 heteroatoms. The molecule has 2 aliphatic rings. The summed E-state index contributed by atoms with van der Waals surface area (Å²) in [7, 11) is 1.64. The lowest BCUT2D eigenvalue weighted by Crippen LogP contribution is -3.14. The number of fused-ring (bicyclic) bond motifs is 1. The van der Waals surface area contributed by atoms with Crippen molar-refractivity contribution in [2.24, 2.45) is 0 Å². The smallest absolute Gasteiger partial charge is 0.267 e. The molecule has 4 rings (SSSR count). The number of nitrogens with one attached hydrogen (secondary N) is 2. The third-order valence-electron chi connectivity index (χ3n) is 5.23. The SMILES string of the molecule is CN1C(=O)/C(=C/c2c(NCCC[NH+]3CCOCC3)nc3ccccn3c2=O)SC1=S. The number of rotatable bonds is 6. The van der Waals surface area contributed by atoms with Crippen LogP contribution in [0.2, 0.25) is 0 Å². The highest BCUT2D eigenvalue weighted by atomic mass is 32.2. The van der Waals surface area contributed by atoms with E-state index in [0.717, 1.165) is 39.3 Å². The fourth-order valence-corrected chi connectivity index (χ4v) is 4.66. The summed E-state index contributed by atoms with van der Waals surface area (Å²) in [5, 5.41) is 3.32. The van der Waals surface area contributed by atoms with Crippen LogP contribution in [-0.4, -0.2) is 71.0 Å². The van der Waals surface area contributed by atoms with E-state index in [2.05, 4.69) is 10.3 Å². The lowest BCUT2D eigenvalue weighted by Gasteiger charge is -2.23. The zero-order chi connectivity index (χ0) is 21.1. The van der Waals surface area contributed by atoms with Crippen LogP contribution in [-0.2, 0) is 9.53 Å². The molecule has 158 valence electrons. The molecule has 1 amide bonds. The van der Waals surface area contributed by atoms with Crippen LogP contribution in [0.4, 0.5) is 5.82 Å². The molecule has 4 heterocycles. The summed E-state index contributed by atoms with van der Waals surface area (Å²) in [5.41, 5.74) is 0.707. The van der Waals surface area contributed by atoms with Gasteiger partial charge in [-0.3, -0.25) is 18.9 Å². The molecule has 0 aliphatic carbocycles. The Hall–Kier alpha value is -2.27. The third kappa shape index (κ3) is 4.41. The van der Waals surface area contributed by atoms with Gasteiger partial charge in [-0.25, -0.2) is 4.98 Å². The van der Waals surface area contributed by atoms with Crippen molar-refractivity contribution < 1.29 is 14.4 Å². The number of nitrogens with zero attached hydrogens (tertiary/aromatic N) is 3. The Labute approximate surface area is 183 Å². The molecule has 2 aliphatic heterocycles. The number of quaternary nitrogens is 1. The highest BCUT2D eigenvalue weighted by molar-refractivity contribution is 8.26. The molecule has 2 aromatic heterocycles. The fraction of sp³-hybridized carbons (Fsp3) is 0.400. The van der Waals surface area contributed by atoms with Gasteiger partial charge in [0.25, 0.3) is 11.5 Å². The molecule has 30 heavy (non-hydrogen) atoms. The van der Waals surface area contributed by atoms with E-state index in [9.17, 15) is 9.59 Å². The Bertz CT molecular complexity index is 1060. The van der Waals surface area contributed by atoms with Crippen molar-refractivity contribution in [1.82, 2.24) is 14.3 Å². The first kappa shape index (κ1) is 21.0. The maximum Gasteiger partial charge on any atom is 0.267 e. The second-order valence-corrected chi connectivity index (χ2v) is 8.92. The minimum Gasteiger partial charge on any atom is -0.370 e. The van der Waals surface area contributed by atoms with Gasteiger partial charge in [-0.15, -0.1) is 0 Å². The molecule has 8 nitrogen and oxygen atoms in total. The molecule has 2 saturated heterocycles. The quantitative estimate of drug-likeness (QED) is 0.374. The number of pyridine rings is 1. The number of hydrogen-bond donors (Lipinski definition) is 2. The number of carbonyl (C=O) groups excluding carboxylic acids is 1. The van der Waals surface area contributed by atoms with E-state index in [1.165, 1.54) is 26.0 Å². The highest BCUT2D eigenvalue weighted by Crippen LogP contribution is 2.31. The minimum absolute atomic E-state index is 0.204. The summed E-state index contributed by atoms with van der Waals surface area (Å²) in [5.74, 6) is 0.286. The van der Waals surface area contributed by atoms with E-state index in [1.54, 1.807) is 31.5 Å². The predicted molar refractivity (Wildman–Crippen MR) is 122 cm³/mol. The van der Waals surface area contributed by atoms with E-state index < -0.39 is 0 Å². The second kappa shape index (κ2) is 9.25. The molecule has 2 aromatic rings. The molecule has 0 aromatic carbocycles. The van der Waals surface area contributed by atoms with Gasteiger partial charge in [0.2, 0.25) is 0 Å². The topological polar surface area (TPSA) is 80.4 Å². The minimum atomic E-state index is -0.219. The standard InChI is InChI=1S/C20H23N5O3S2/c1-23-19(27)15(30-20(23)29)13-14-17(21-6-4-7-24-9-11-28-12-10-24)22-16-5-2-3-8-25(16)18(14)26/h2-3,5,8,13,21H,4,6-7,9-12H2,1H3/p+1/b15-13-. The van der Waals surface area contributed by atoms with Gasteiger partial charge in [-0.05, 0) is 18.2 Å². The van der Waals surface area contributed by atoms with Crippen molar-refractivity contribution in [2.45, 2.75) is 6.42 Å². The average Bonchev–Trinajstić information content (AvgIpc) is 3.01. The maximum absolute atomic E-state index is 13.1. The predicted octanol–water partition coefficient (Wildman–Crippen LogP) is 0.243. The van der Waals surface area contributed by atoms with Gasteiger partial charge in [0.1, 0.15) is 28.9 Å². The number of thiocarbonyl (C=S) groups is 1. The number of anilines is 1. The monoisotopic (exact) mass is 446 g/mol. The number of hydrogen-bond acceptors (Lipinski definition) is 7. The molecule has 2 N–H and O–H groups in total. The van der Waals surface area contributed by atoms with Crippen LogP contribution >= 0.6 is 24.0 Å². The van der Waals surface area contributed by atoms with Crippen LogP contribution in [0.25, 0.3) is 11.7 Å². The van der Waals surface area contributed by atoms with Crippen molar-refractivity contribution in [1.29, 1.82) is 0 Å². The number of likely N-dealkylation sites (N-methyl/N-ethyl adjacent to an activating group) is 1. The summed E-state index contributed by atoms with van der Waals surface area (Å²) in [6.45, 7) is 5.40. The van der Waals surface area contributed by atoms with Crippen LogP contribution in [0.15, 0.2) is 34.1 Å². The first-order valence-corrected chi connectivity index (χ1v) is 11.2. The van der Waals surface area contributed by atoms with Gasteiger partial charge in [0.05, 0.1) is 30.2 Å². The van der Waals surface area contributed by atoms with Gasteiger partial charge in [-0.1, -0.05) is 30.0 Å². The molecular weight excluding hydrogens is 422 g/mol.